The van der Waals surface area contributed by atoms with Crippen molar-refractivity contribution in [2.75, 3.05) is 0 Å². The number of nitrogens with zero attached hydrogens (tertiary/aromatic N) is 2. The van der Waals surface area contributed by atoms with Gasteiger partial charge in [0.1, 0.15) is 0 Å². The summed E-state index contributed by atoms with van der Waals surface area (Å²) in [6, 6.07) is 0. The molecule has 2 unspecified atom stereocenters. The number of carbonyl (C=O) groups excluding carboxylic acids is 6. The van der Waals surface area contributed by atoms with Crippen molar-refractivity contribution in [2.24, 2.45) is 0 Å². The number of hydroxylamine groups is 4. The third-order valence-electron chi connectivity index (χ3n) is 4.33. The van der Waals surface area contributed by atoms with Crippen molar-refractivity contribution < 1.29 is 69.9 Å². The number of rotatable bonds is 11. The van der Waals surface area contributed by atoms with Gasteiger partial charge in [-0.1, -0.05) is 12.8 Å². The molecule has 192 valence electrons. The second-order valence-corrected chi connectivity index (χ2v) is 9.98. The van der Waals surface area contributed by atoms with Crippen LogP contribution in [0.1, 0.15) is 56.8 Å². The number of carbonyl (C=O) groups is 6. The summed E-state index contributed by atoms with van der Waals surface area (Å²) in [5.41, 5.74) is 0. The van der Waals surface area contributed by atoms with E-state index in [1.807, 2.05) is 0 Å². The van der Waals surface area contributed by atoms with Crippen LogP contribution in [0.15, 0.2) is 0 Å². The number of hydrogen-bond acceptors (Lipinski definition) is 12. The number of amides is 4. The summed E-state index contributed by atoms with van der Waals surface area (Å²) in [6.45, 7) is 0. The average Bonchev–Trinajstić information content (AvgIpc) is 3.21. The van der Waals surface area contributed by atoms with E-state index in [0.29, 0.717) is 0 Å². The molecule has 16 nitrogen and oxygen atoms in total. The van der Waals surface area contributed by atoms with E-state index in [4.69, 9.17) is 14.6 Å². The summed E-state index contributed by atoms with van der Waals surface area (Å²) >= 11 is 0. The molecule has 2 heterocycles. The Labute approximate surface area is 255 Å². The largest absolute Gasteiger partial charge is 0.333 e. The van der Waals surface area contributed by atoms with Crippen LogP contribution in [0.5, 0.6) is 0 Å². The predicted molar refractivity (Wildman–Crippen MR) is 115 cm³/mol. The zero-order valence-corrected chi connectivity index (χ0v) is 24.5. The summed E-state index contributed by atoms with van der Waals surface area (Å²) in [5, 5.41) is -5.02. The van der Waals surface area contributed by atoms with Gasteiger partial charge in [0.05, 0.1) is 12.8 Å². The first-order chi connectivity index (χ1) is 17.1. The Bertz CT molecular complexity index is 1200. The molecule has 2 aliphatic rings. The van der Waals surface area contributed by atoms with Gasteiger partial charge >= 0.3 is 11.9 Å². The van der Waals surface area contributed by atoms with Gasteiger partial charge in [0.25, 0.3) is 43.9 Å². The third-order valence-corrected chi connectivity index (χ3v) is 6.51. The molecule has 0 bridgehead atoms. The van der Waals surface area contributed by atoms with Crippen molar-refractivity contribution in [1.82, 2.24) is 10.1 Å². The zero-order valence-electron chi connectivity index (χ0n) is 22.9. The molecule has 4 amide bonds. The average molecular weight is 578 g/mol. The van der Waals surface area contributed by atoms with Gasteiger partial charge in [-0.3, -0.25) is 28.3 Å². The maximum absolute atomic E-state index is 12.1. The molecule has 2 saturated heterocycles. The third kappa shape index (κ3) is 9.41. The van der Waals surface area contributed by atoms with Crippen molar-refractivity contribution in [3.8, 4) is 0 Å². The Morgan fingerprint density at radius 1 is 0.750 bits per heavy atom. The first-order valence-corrected chi connectivity index (χ1v) is 12.2. The van der Waals surface area contributed by atoms with E-state index in [2.05, 4.69) is 9.68 Å². The van der Waals surface area contributed by atoms with Gasteiger partial charge in [0.15, 0.2) is 10.5 Å². The minimum absolute atomic E-state index is 0. The minimum Gasteiger partial charge on any atom is -0.330 e. The number of imide groups is 2. The molecule has 2 rings (SSSR count). The van der Waals surface area contributed by atoms with Crippen molar-refractivity contribution in [3.63, 3.8) is 0 Å². The Morgan fingerprint density at radius 3 is 1.31 bits per heavy atom. The van der Waals surface area contributed by atoms with Crippen molar-refractivity contribution >= 4 is 115 Å². The van der Waals surface area contributed by atoms with E-state index < -0.39 is 105 Å². The molecule has 0 spiro atoms. The molecule has 2 radical (unpaired) electrons. The van der Waals surface area contributed by atoms with Gasteiger partial charge in [-0.2, -0.15) is 16.8 Å². The van der Waals surface area contributed by atoms with Gasteiger partial charge in [0.2, 0.25) is 0 Å². The van der Waals surface area contributed by atoms with Crippen LogP contribution in [-0.2, 0) is 58.7 Å². The fourth-order valence-corrected chi connectivity index (χ4v) is 4.09. The van der Waals surface area contributed by atoms with E-state index in [-0.39, 0.29) is 82.1 Å². The molecular formula is C16H20N2Na2O14S2. The molecule has 0 aliphatic carbocycles. The Balaban J connectivity index is 0.00000760. The summed E-state index contributed by atoms with van der Waals surface area (Å²) < 4.78 is 93.2. The van der Waals surface area contributed by atoms with Gasteiger partial charge < -0.3 is 9.68 Å². The molecule has 2 N–H and O–H groups in total. The molecule has 0 aromatic rings. The first-order valence-electron chi connectivity index (χ1n) is 11.2. The van der Waals surface area contributed by atoms with Crippen LogP contribution in [0.4, 0.5) is 0 Å². The second kappa shape index (κ2) is 14.3. The van der Waals surface area contributed by atoms with Crippen LogP contribution >= 0.6 is 0 Å². The second-order valence-electron chi connectivity index (χ2n) is 6.79. The van der Waals surface area contributed by atoms with E-state index in [9.17, 15) is 45.6 Å². The van der Waals surface area contributed by atoms with Crippen LogP contribution < -0.4 is 0 Å². The first kappa shape index (κ1) is 28.1. The Hall–Kier alpha value is -0.960. The van der Waals surface area contributed by atoms with E-state index >= 15 is 0 Å². The van der Waals surface area contributed by atoms with E-state index in [1.165, 1.54) is 0 Å². The SMILES string of the molecule is [2H]C([2H])(CCCCC([2H])([2H])C(=O)ON1C(=O)CC(S(=O)(=O)O)C1=O)C(=O)ON1C(=O)CC(S(=O)(=O)O)C1=O.[Na].[Na]. The molecule has 20 heteroatoms. The molecular weight excluding hydrogens is 554 g/mol. The van der Waals surface area contributed by atoms with Crippen LogP contribution in [0.3, 0.4) is 0 Å². The van der Waals surface area contributed by atoms with E-state index in [0.717, 1.165) is 0 Å². The van der Waals surface area contributed by atoms with Gasteiger partial charge in [-0.25, -0.2) is 9.59 Å². The molecule has 36 heavy (non-hydrogen) atoms. The van der Waals surface area contributed by atoms with Crippen molar-refractivity contribution in [3.05, 3.63) is 0 Å². The molecule has 2 aliphatic heterocycles. The summed E-state index contributed by atoms with van der Waals surface area (Å²) in [5.74, 6) is -9.43. The van der Waals surface area contributed by atoms with Gasteiger partial charge in [0, 0.05) is 77.3 Å². The maximum atomic E-state index is 12.1. The molecule has 2 atom stereocenters. The van der Waals surface area contributed by atoms with Crippen LogP contribution in [0.25, 0.3) is 0 Å². The summed E-state index contributed by atoms with van der Waals surface area (Å²) in [7, 11) is -10.00. The summed E-state index contributed by atoms with van der Waals surface area (Å²) in [4.78, 5) is 80.1. The van der Waals surface area contributed by atoms with Gasteiger partial charge in [-0.05, 0) is 12.8 Å². The summed E-state index contributed by atoms with van der Waals surface area (Å²) in [6.07, 6.45) is -9.86. The fraction of sp³-hybridized carbons (Fsp3) is 0.625. The normalized spacial score (nSPS) is 22.6. The van der Waals surface area contributed by atoms with Crippen molar-refractivity contribution in [1.29, 1.82) is 0 Å². The molecule has 2 fully saturated rings. The van der Waals surface area contributed by atoms with Crippen molar-refractivity contribution in [2.45, 2.75) is 61.8 Å². The topological polar surface area (TPSA) is 236 Å². The number of hydrogen-bond donors (Lipinski definition) is 2. The Morgan fingerprint density at radius 2 is 1.06 bits per heavy atom. The fourth-order valence-electron chi connectivity index (χ4n) is 2.68. The predicted octanol–water partition coefficient (Wildman–Crippen LogP) is -2.49. The van der Waals surface area contributed by atoms with Gasteiger partial charge in [-0.15, -0.1) is 10.1 Å². The smallest absolute Gasteiger partial charge is 0.330 e. The Kier molecular flexibility index (Phi) is 11.1. The molecule has 0 aromatic heterocycles. The van der Waals surface area contributed by atoms with Crippen LogP contribution in [0.2, 0.25) is 0 Å². The minimum atomic E-state index is -5.00. The quantitative estimate of drug-likeness (QED) is 0.112. The zero-order chi connectivity index (χ0) is 29.4. The van der Waals surface area contributed by atoms with Crippen LogP contribution in [-0.4, -0.2) is 141 Å². The van der Waals surface area contributed by atoms with Crippen LogP contribution in [0, 0.1) is 0 Å². The van der Waals surface area contributed by atoms with E-state index in [1.54, 1.807) is 0 Å². The number of unbranched alkanes of at least 4 members (excludes halogenated alkanes) is 1. The molecule has 0 aromatic carbocycles. The molecule has 0 saturated carbocycles. The standard InChI is InChI=1S/C16H20N2O14S2.2Na/c19-11-7-9(33(25,26)27)15(23)17(11)31-13(21)5-3-1-2-4-6-14(22)32-18-12(20)8-10(16(18)24)34(28,29)30;;/h9-10H,1-8H2,(H,25,26,27)(H,28,29,30);;/i5D2,6D2;;. The maximum Gasteiger partial charge on any atom is 0.333 e. The monoisotopic (exact) mass is 578 g/mol.